The summed E-state index contributed by atoms with van der Waals surface area (Å²) in [5.74, 6) is 1.02. The highest BCUT2D eigenvalue weighted by Crippen LogP contribution is 2.31. The van der Waals surface area contributed by atoms with Crippen LogP contribution >= 0.6 is 0 Å². The molecule has 0 amide bonds. The van der Waals surface area contributed by atoms with Gasteiger partial charge in [-0.15, -0.1) is 0 Å². The number of rotatable bonds is 4. The molecule has 1 aromatic carbocycles. The number of fused-ring (bicyclic) bond motifs is 1. The smallest absolute Gasteiger partial charge is 0.340 e. The molecule has 4 rings (SSSR count). The van der Waals surface area contributed by atoms with Gasteiger partial charge in [0, 0.05) is 37.0 Å². The Labute approximate surface area is 170 Å². The Morgan fingerprint density at radius 3 is 2.47 bits per heavy atom. The lowest BCUT2D eigenvalue weighted by atomic mass is 10.1. The van der Waals surface area contributed by atoms with Gasteiger partial charge in [0.05, 0.1) is 17.0 Å². The van der Waals surface area contributed by atoms with E-state index in [0.717, 1.165) is 23.4 Å². The Morgan fingerprint density at radius 1 is 0.967 bits per heavy atom. The minimum absolute atomic E-state index is 0.325. The van der Waals surface area contributed by atoms with Crippen molar-refractivity contribution < 1.29 is 17.6 Å². The summed E-state index contributed by atoms with van der Waals surface area (Å²) in [5.41, 5.74) is 1.86. The van der Waals surface area contributed by atoms with Crippen LogP contribution in [-0.2, 0) is 25.7 Å². The summed E-state index contributed by atoms with van der Waals surface area (Å²) in [5, 5.41) is 3.09. The van der Waals surface area contributed by atoms with Gasteiger partial charge in [-0.1, -0.05) is 0 Å². The van der Waals surface area contributed by atoms with Crippen molar-refractivity contribution >= 4 is 17.5 Å². The van der Waals surface area contributed by atoms with Crippen LogP contribution in [0.1, 0.15) is 22.5 Å². The SMILES string of the molecule is FCc1ccnc(N2CCc3ncnc(Nc4ccc(C(F)(F)F)cc4)c3CC2)n1. The van der Waals surface area contributed by atoms with Gasteiger partial charge in [0.1, 0.15) is 18.8 Å². The average molecular weight is 418 g/mol. The highest BCUT2D eigenvalue weighted by Gasteiger charge is 2.30. The molecule has 1 aliphatic heterocycles. The molecule has 0 saturated carbocycles. The van der Waals surface area contributed by atoms with Gasteiger partial charge in [-0.3, -0.25) is 0 Å². The van der Waals surface area contributed by atoms with E-state index in [9.17, 15) is 17.6 Å². The van der Waals surface area contributed by atoms with E-state index in [0.29, 0.717) is 49.1 Å². The van der Waals surface area contributed by atoms with Gasteiger partial charge in [-0.2, -0.15) is 13.2 Å². The highest BCUT2D eigenvalue weighted by atomic mass is 19.4. The van der Waals surface area contributed by atoms with Crippen molar-refractivity contribution in [1.82, 2.24) is 19.9 Å². The fraction of sp³-hybridized carbons (Fsp3) is 0.300. The van der Waals surface area contributed by atoms with Crippen LogP contribution in [0.4, 0.5) is 35.0 Å². The van der Waals surface area contributed by atoms with E-state index in [-0.39, 0.29) is 0 Å². The molecular weight excluding hydrogens is 400 g/mol. The largest absolute Gasteiger partial charge is 0.416 e. The van der Waals surface area contributed by atoms with Gasteiger partial charge in [0.2, 0.25) is 5.95 Å². The van der Waals surface area contributed by atoms with Crippen LogP contribution in [0.25, 0.3) is 0 Å². The second-order valence-electron chi connectivity index (χ2n) is 6.82. The molecule has 1 N–H and O–H groups in total. The van der Waals surface area contributed by atoms with E-state index >= 15 is 0 Å². The summed E-state index contributed by atoms with van der Waals surface area (Å²) in [4.78, 5) is 19.1. The Kier molecular flexibility index (Phi) is 5.47. The molecule has 0 saturated heterocycles. The van der Waals surface area contributed by atoms with Gasteiger partial charge in [0.25, 0.3) is 0 Å². The number of benzene rings is 1. The molecule has 0 aliphatic carbocycles. The van der Waals surface area contributed by atoms with Crippen molar-refractivity contribution in [2.75, 3.05) is 23.3 Å². The van der Waals surface area contributed by atoms with Gasteiger partial charge in [0.15, 0.2) is 0 Å². The zero-order valence-corrected chi connectivity index (χ0v) is 15.8. The van der Waals surface area contributed by atoms with Crippen molar-refractivity contribution in [3.05, 3.63) is 65.4 Å². The van der Waals surface area contributed by atoms with E-state index in [2.05, 4.69) is 25.3 Å². The third-order valence-corrected chi connectivity index (χ3v) is 4.88. The van der Waals surface area contributed by atoms with Crippen molar-refractivity contribution in [3.8, 4) is 0 Å². The van der Waals surface area contributed by atoms with Crippen LogP contribution in [0.15, 0.2) is 42.9 Å². The second kappa shape index (κ2) is 8.21. The van der Waals surface area contributed by atoms with Crippen molar-refractivity contribution in [1.29, 1.82) is 0 Å². The van der Waals surface area contributed by atoms with Gasteiger partial charge in [-0.25, -0.2) is 24.3 Å². The fourth-order valence-corrected chi connectivity index (χ4v) is 3.32. The molecule has 0 spiro atoms. The third kappa shape index (κ3) is 4.32. The summed E-state index contributed by atoms with van der Waals surface area (Å²) in [6.07, 6.45) is -0.214. The maximum absolute atomic E-state index is 12.9. The summed E-state index contributed by atoms with van der Waals surface area (Å²) in [7, 11) is 0. The van der Waals surface area contributed by atoms with Crippen LogP contribution in [0.5, 0.6) is 0 Å². The quantitative estimate of drug-likeness (QED) is 0.644. The van der Waals surface area contributed by atoms with Gasteiger partial charge in [-0.05, 0) is 36.8 Å². The van der Waals surface area contributed by atoms with Crippen molar-refractivity contribution in [2.45, 2.75) is 25.7 Å². The zero-order valence-electron chi connectivity index (χ0n) is 15.8. The second-order valence-corrected chi connectivity index (χ2v) is 6.82. The molecule has 1 aliphatic rings. The monoisotopic (exact) mass is 418 g/mol. The Balaban J connectivity index is 1.53. The molecule has 156 valence electrons. The van der Waals surface area contributed by atoms with Crippen LogP contribution in [0.3, 0.4) is 0 Å². The number of aromatic nitrogens is 4. The predicted molar refractivity (Wildman–Crippen MR) is 103 cm³/mol. The van der Waals surface area contributed by atoms with Crippen LogP contribution in [0.2, 0.25) is 0 Å². The maximum atomic E-state index is 12.9. The molecule has 0 bridgehead atoms. The number of hydrogen-bond donors (Lipinski definition) is 1. The molecule has 0 atom stereocenters. The van der Waals surface area contributed by atoms with Crippen LogP contribution in [0, 0.1) is 0 Å². The first-order chi connectivity index (χ1) is 14.4. The summed E-state index contributed by atoms with van der Waals surface area (Å²) in [6.45, 7) is 0.535. The lowest BCUT2D eigenvalue weighted by Crippen LogP contribution is -2.28. The summed E-state index contributed by atoms with van der Waals surface area (Å²) < 4.78 is 51.2. The summed E-state index contributed by atoms with van der Waals surface area (Å²) >= 11 is 0. The standard InChI is InChI=1S/C20H18F4N6/c21-11-15-5-8-25-19(29-15)30-9-6-16-17(7-10-30)26-12-27-18(16)28-14-3-1-13(2-4-14)20(22,23)24/h1-5,8,12H,6-7,9-11H2,(H,26,27,28). The number of anilines is 3. The van der Waals surface area contributed by atoms with Crippen LogP contribution in [-0.4, -0.2) is 33.0 Å². The van der Waals surface area contributed by atoms with Gasteiger partial charge >= 0.3 is 6.18 Å². The van der Waals surface area contributed by atoms with E-state index < -0.39 is 18.4 Å². The molecule has 3 heterocycles. The molecule has 2 aromatic heterocycles. The first-order valence-corrected chi connectivity index (χ1v) is 9.34. The minimum Gasteiger partial charge on any atom is -0.340 e. The first-order valence-electron chi connectivity index (χ1n) is 9.34. The molecular formula is C20H18F4N6. The predicted octanol–water partition coefficient (Wildman–Crippen LogP) is 4.10. The maximum Gasteiger partial charge on any atom is 0.416 e. The Hall–Kier alpha value is -3.30. The van der Waals surface area contributed by atoms with Crippen molar-refractivity contribution in [2.24, 2.45) is 0 Å². The van der Waals surface area contributed by atoms with E-state index in [4.69, 9.17) is 0 Å². The molecule has 10 heteroatoms. The number of alkyl halides is 4. The molecule has 0 fully saturated rings. The van der Waals surface area contributed by atoms with E-state index in [1.807, 2.05) is 4.90 Å². The molecule has 30 heavy (non-hydrogen) atoms. The average Bonchev–Trinajstić information content (AvgIpc) is 2.97. The van der Waals surface area contributed by atoms with Crippen molar-refractivity contribution in [3.63, 3.8) is 0 Å². The lowest BCUT2D eigenvalue weighted by molar-refractivity contribution is -0.137. The van der Waals surface area contributed by atoms with E-state index in [1.165, 1.54) is 30.7 Å². The number of halogens is 4. The Bertz CT molecular complexity index is 1020. The van der Waals surface area contributed by atoms with E-state index in [1.54, 1.807) is 0 Å². The lowest BCUT2D eigenvalue weighted by Gasteiger charge is -2.20. The van der Waals surface area contributed by atoms with Crippen LogP contribution < -0.4 is 10.2 Å². The number of nitrogens with one attached hydrogen (secondary N) is 1. The highest BCUT2D eigenvalue weighted by molar-refractivity contribution is 5.61. The zero-order chi connectivity index (χ0) is 21.1. The molecule has 6 nitrogen and oxygen atoms in total. The molecule has 3 aromatic rings. The molecule has 0 unspecified atom stereocenters. The number of hydrogen-bond acceptors (Lipinski definition) is 6. The molecule has 0 radical (unpaired) electrons. The Morgan fingerprint density at radius 2 is 1.73 bits per heavy atom. The third-order valence-electron chi connectivity index (χ3n) is 4.88. The summed E-state index contributed by atoms with van der Waals surface area (Å²) in [6, 6.07) is 6.33. The normalized spacial score (nSPS) is 14.2. The fourth-order valence-electron chi connectivity index (χ4n) is 3.32. The van der Waals surface area contributed by atoms with Gasteiger partial charge < -0.3 is 10.2 Å². The first kappa shape index (κ1) is 20.0. The topological polar surface area (TPSA) is 66.8 Å². The number of nitrogens with zero attached hydrogens (tertiary/aromatic N) is 5. The minimum atomic E-state index is -4.38.